The van der Waals surface area contributed by atoms with Crippen molar-refractivity contribution < 1.29 is 9.66 Å². The van der Waals surface area contributed by atoms with Gasteiger partial charge >= 0.3 is 5.69 Å². The van der Waals surface area contributed by atoms with Gasteiger partial charge in [-0.3, -0.25) is 10.1 Å². The maximum absolute atomic E-state index is 11.9. The summed E-state index contributed by atoms with van der Waals surface area (Å²) in [7, 11) is 1.50. The normalized spacial score (nSPS) is 10.6. The van der Waals surface area contributed by atoms with E-state index in [2.05, 4.69) is 20.6 Å². The highest BCUT2D eigenvalue weighted by Gasteiger charge is 2.24. The summed E-state index contributed by atoms with van der Waals surface area (Å²) in [6.07, 6.45) is 1.25. The Hall–Kier alpha value is -3.91. The summed E-state index contributed by atoms with van der Waals surface area (Å²) in [4.78, 5) is 19.5. The highest BCUT2D eigenvalue weighted by atomic mass is 35.5. The number of fused-ring (bicyclic) bond motifs is 1. The standard InChI is InChI=1S/C21H16ClN5O3/c1-30-18-10-9-14(22)11-17(18)26-21-19(27(28)29)20(23-12-24-21)25-16-8-4-6-13-5-2-3-7-15(13)16/h2-12H,1H3,(H2,23,24,25,26). The van der Waals surface area contributed by atoms with E-state index in [1.54, 1.807) is 18.2 Å². The molecule has 0 aliphatic heterocycles. The molecule has 9 heteroatoms. The molecular weight excluding hydrogens is 406 g/mol. The van der Waals surface area contributed by atoms with Gasteiger partial charge in [0.15, 0.2) is 0 Å². The molecule has 0 radical (unpaired) electrons. The zero-order chi connectivity index (χ0) is 21.1. The van der Waals surface area contributed by atoms with E-state index in [1.165, 1.54) is 13.4 Å². The first kappa shape index (κ1) is 19.4. The minimum atomic E-state index is -0.535. The number of rotatable bonds is 6. The topological polar surface area (TPSA) is 102 Å². The predicted molar refractivity (Wildman–Crippen MR) is 117 cm³/mol. The maximum atomic E-state index is 11.9. The Morgan fingerprint density at radius 2 is 1.67 bits per heavy atom. The molecule has 0 spiro atoms. The number of aromatic nitrogens is 2. The van der Waals surface area contributed by atoms with E-state index in [1.807, 2.05) is 42.5 Å². The quantitative estimate of drug-likeness (QED) is 0.304. The summed E-state index contributed by atoms with van der Waals surface area (Å²) in [6, 6.07) is 18.3. The molecule has 0 aliphatic carbocycles. The van der Waals surface area contributed by atoms with E-state index in [9.17, 15) is 10.1 Å². The van der Waals surface area contributed by atoms with Gasteiger partial charge in [-0.15, -0.1) is 0 Å². The molecule has 0 bridgehead atoms. The molecule has 0 fully saturated rings. The molecule has 0 amide bonds. The summed E-state index contributed by atoms with van der Waals surface area (Å²) >= 11 is 6.06. The van der Waals surface area contributed by atoms with E-state index in [4.69, 9.17) is 16.3 Å². The van der Waals surface area contributed by atoms with E-state index < -0.39 is 4.92 Å². The SMILES string of the molecule is COc1ccc(Cl)cc1Nc1ncnc(Nc2cccc3ccccc23)c1[N+](=O)[O-]. The second-order valence-electron chi connectivity index (χ2n) is 6.30. The number of anilines is 4. The molecule has 30 heavy (non-hydrogen) atoms. The first-order valence-electron chi connectivity index (χ1n) is 8.91. The molecule has 8 nitrogen and oxygen atoms in total. The van der Waals surface area contributed by atoms with Crippen LogP contribution in [0.4, 0.5) is 28.7 Å². The van der Waals surface area contributed by atoms with Crippen molar-refractivity contribution in [2.75, 3.05) is 17.7 Å². The minimum Gasteiger partial charge on any atom is -0.495 e. The van der Waals surface area contributed by atoms with Crippen LogP contribution < -0.4 is 15.4 Å². The summed E-state index contributed by atoms with van der Waals surface area (Å²) in [6.45, 7) is 0. The zero-order valence-electron chi connectivity index (χ0n) is 15.8. The smallest absolute Gasteiger partial charge is 0.353 e. The van der Waals surface area contributed by atoms with Crippen molar-refractivity contribution in [2.45, 2.75) is 0 Å². The van der Waals surface area contributed by atoms with Crippen LogP contribution in [0.1, 0.15) is 0 Å². The third-order valence-corrected chi connectivity index (χ3v) is 4.70. The molecular formula is C21H16ClN5O3. The van der Waals surface area contributed by atoms with Crippen LogP contribution in [0, 0.1) is 10.1 Å². The third kappa shape index (κ3) is 3.81. The third-order valence-electron chi connectivity index (χ3n) is 4.46. The maximum Gasteiger partial charge on any atom is 0.353 e. The monoisotopic (exact) mass is 421 g/mol. The average molecular weight is 422 g/mol. The molecule has 1 aromatic heterocycles. The molecule has 2 N–H and O–H groups in total. The summed E-state index contributed by atoms with van der Waals surface area (Å²) in [5.41, 5.74) is 0.844. The first-order valence-corrected chi connectivity index (χ1v) is 9.29. The molecule has 0 saturated heterocycles. The van der Waals surface area contributed by atoms with Crippen LogP contribution in [-0.4, -0.2) is 22.0 Å². The fourth-order valence-corrected chi connectivity index (χ4v) is 3.27. The van der Waals surface area contributed by atoms with Gasteiger partial charge in [0.05, 0.1) is 17.7 Å². The van der Waals surface area contributed by atoms with Gasteiger partial charge in [0.2, 0.25) is 11.6 Å². The lowest BCUT2D eigenvalue weighted by Crippen LogP contribution is -2.06. The first-order chi connectivity index (χ1) is 14.6. The molecule has 0 aliphatic rings. The van der Waals surface area contributed by atoms with E-state index in [0.717, 1.165) is 10.8 Å². The molecule has 150 valence electrons. The van der Waals surface area contributed by atoms with Crippen LogP contribution in [0.3, 0.4) is 0 Å². The van der Waals surface area contributed by atoms with Crippen molar-refractivity contribution in [3.05, 3.63) is 82.1 Å². The van der Waals surface area contributed by atoms with Gasteiger partial charge in [0.1, 0.15) is 12.1 Å². The van der Waals surface area contributed by atoms with E-state index in [0.29, 0.717) is 22.1 Å². The molecule has 0 unspecified atom stereocenters. The molecule has 3 aromatic carbocycles. The second-order valence-corrected chi connectivity index (χ2v) is 6.73. The van der Waals surface area contributed by atoms with E-state index in [-0.39, 0.29) is 17.3 Å². The van der Waals surface area contributed by atoms with Crippen molar-refractivity contribution in [3.63, 3.8) is 0 Å². The fraction of sp³-hybridized carbons (Fsp3) is 0.0476. The number of benzene rings is 3. The van der Waals surface area contributed by atoms with Gasteiger partial charge in [-0.05, 0) is 29.7 Å². The van der Waals surface area contributed by atoms with Crippen molar-refractivity contribution in [2.24, 2.45) is 0 Å². The second kappa shape index (κ2) is 8.22. The van der Waals surface area contributed by atoms with Gasteiger partial charge < -0.3 is 15.4 Å². The Labute approximate surface area is 176 Å². The van der Waals surface area contributed by atoms with Crippen molar-refractivity contribution in [1.29, 1.82) is 0 Å². The lowest BCUT2D eigenvalue weighted by atomic mass is 10.1. The summed E-state index contributed by atoms with van der Waals surface area (Å²) in [5.74, 6) is 0.545. The van der Waals surface area contributed by atoms with Crippen molar-refractivity contribution >= 4 is 51.1 Å². The predicted octanol–water partition coefficient (Wildman–Crippen LogP) is 5.69. The van der Waals surface area contributed by atoms with Gasteiger partial charge in [0.25, 0.3) is 0 Å². The minimum absolute atomic E-state index is 0.0123. The number of hydrogen-bond acceptors (Lipinski definition) is 7. The Balaban J connectivity index is 1.77. The van der Waals surface area contributed by atoms with Crippen LogP contribution in [0.15, 0.2) is 67.0 Å². The average Bonchev–Trinajstić information content (AvgIpc) is 2.74. The van der Waals surface area contributed by atoms with Gasteiger partial charge in [0, 0.05) is 16.1 Å². The van der Waals surface area contributed by atoms with Crippen molar-refractivity contribution in [3.8, 4) is 5.75 Å². The Kier molecular flexibility index (Phi) is 5.32. The van der Waals surface area contributed by atoms with Crippen LogP contribution >= 0.6 is 11.6 Å². The molecule has 4 aromatic rings. The van der Waals surface area contributed by atoms with Gasteiger partial charge in [-0.2, -0.15) is 0 Å². The number of nitrogens with zero attached hydrogens (tertiary/aromatic N) is 3. The Bertz CT molecular complexity index is 1240. The molecule has 4 rings (SSSR count). The van der Waals surface area contributed by atoms with Gasteiger partial charge in [-0.1, -0.05) is 48.0 Å². The van der Waals surface area contributed by atoms with Gasteiger partial charge in [-0.25, -0.2) is 9.97 Å². The summed E-state index contributed by atoms with van der Waals surface area (Å²) < 4.78 is 5.30. The largest absolute Gasteiger partial charge is 0.495 e. The molecule has 0 saturated carbocycles. The lowest BCUT2D eigenvalue weighted by Gasteiger charge is -2.13. The number of nitrogens with one attached hydrogen (secondary N) is 2. The van der Waals surface area contributed by atoms with Crippen LogP contribution in [0.2, 0.25) is 5.02 Å². The zero-order valence-corrected chi connectivity index (χ0v) is 16.6. The summed E-state index contributed by atoms with van der Waals surface area (Å²) in [5, 5.41) is 20.3. The number of methoxy groups -OCH3 is 1. The van der Waals surface area contributed by atoms with Crippen LogP contribution in [-0.2, 0) is 0 Å². The Morgan fingerprint density at radius 3 is 2.40 bits per heavy atom. The fourth-order valence-electron chi connectivity index (χ4n) is 3.10. The number of halogens is 1. The Morgan fingerprint density at radius 1 is 0.967 bits per heavy atom. The highest BCUT2D eigenvalue weighted by Crippen LogP contribution is 2.37. The number of hydrogen-bond donors (Lipinski definition) is 2. The molecule has 0 atom stereocenters. The van der Waals surface area contributed by atoms with Crippen LogP contribution in [0.5, 0.6) is 5.75 Å². The lowest BCUT2D eigenvalue weighted by molar-refractivity contribution is -0.383. The van der Waals surface area contributed by atoms with E-state index >= 15 is 0 Å². The molecule has 1 heterocycles. The van der Waals surface area contributed by atoms with Crippen molar-refractivity contribution in [1.82, 2.24) is 9.97 Å². The number of nitro groups is 1. The highest BCUT2D eigenvalue weighted by molar-refractivity contribution is 6.31. The van der Waals surface area contributed by atoms with Crippen LogP contribution in [0.25, 0.3) is 10.8 Å². The number of ether oxygens (including phenoxy) is 1.